The van der Waals surface area contributed by atoms with Crippen molar-refractivity contribution in [1.82, 2.24) is 10.2 Å². The maximum atomic E-state index is 13.5. The van der Waals surface area contributed by atoms with Crippen molar-refractivity contribution in [2.45, 2.75) is 25.7 Å². The van der Waals surface area contributed by atoms with E-state index in [9.17, 15) is 13.2 Å². The molecule has 1 amide bonds. The molecule has 10 heteroatoms. The van der Waals surface area contributed by atoms with Crippen molar-refractivity contribution in [2.24, 2.45) is 0 Å². The first-order valence-corrected chi connectivity index (χ1v) is 11.5. The smallest absolute Gasteiger partial charge is 0.268 e. The number of anilines is 2. The fourth-order valence-electron chi connectivity index (χ4n) is 3.51. The number of hydrogen-bond donors (Lipinski definition) is 2. The van der Waals surface area contributed by atoms with Gasteiger partial charge in [0.05, 0.1) is 17.1 Å². The summed E-state index contributed by atoms with van der Waals surface area (Å²) in [6.45, 7) is 5.63. The highest BCUT2D eigenvalue weighted by Crippen LogP contribution is 2.33. The normalized spacial score (nSPS) is 13.0. The monoisotopic (exact) mass is 456 g/mol. The molecule has 0 unspecified atom stereocenters. The van der Waals surface area contributed by atoms with Gasteiger partial charge in [-0.15, -0.1) is 0 Å². The number of H-pyrrole nitrogens is 1. The molecular formula is C22H24N4O5S. The number of fused-ring (bicyclic) bond motifs is 1. The molecule has 0 atom stereocenters. The van der Waals surface area contributed by atoms with Crippen LogP contribution in [0.3, 0.4) is 0 Å². The van der Waals surface area contributed by atoms with Crippen LogP contribution in [0.25, 0.3) is 0 Å². The minimum Gasteiger partial charge on any atom is -0.486 e. The highest BCUT2D eigenvalue weighted by atomic mass is 32.2. The second-order valence-corrected chi connectivity index (χ2v) is 9.32. The molecule has 0 saturated carbocycles. The van der Waals surface area contributed by atoms with Gasteiger partial charge in [-0.2, -0.15) is 5.10 Å². The van der Waals surface area contributed by atoms with Crippen molar-refractivity contribution < 1.29 is 22.7 Å². The summed E-state index contributed by atoms with van der Waals surface area (Å²) in [6, 6.07) is 12.0. The Morgan fingerprint density at radius 3 is 2.41 bits per heavy atom. The van der Waals surface area contributed by atoms with Crippen molar-refractivity contribution in [3.05, 3.63) is 59.4 Å². The summed E-state index contributed by atoms with van der Waals surface area (Å²) in [5.41, 5.74) is 2.59. The minimum absolute atomic E-state index is 0.0604. The summed E-state index contributed by atoms with van der Waals surface area (Å²) >= 11 is 0. The predicted octanol–water partition coefficient (Wildman–Crippen LogP) is 2.94. The molecule has 0 radical (unpaired) electrons. The molecule has 0 saturated heterocycles. The molecule has 0 bridgehead atoms. The molecule has 3 aromatic rings. The molecule has 2 N–H and O–H groups in total. The number of benzene rings is 2. The topological polar surface area (TPSA) is 114 Å². The van der Waals surface area contributed by atoms with Crippen LogP contribution < -0.4 is 19.1 Å². The quantitative estimate of drug-likeness (QED) is 0.590. The van der Waals surface area contributed by atoms with E-state index in [0.717, 1.165) is 9.87 Å². The zero-order valence-corrected chi connectivity index (χ0v) is 18.8. The summed E-state index contributed by atoms with van der Waals surface area (Å²) in [7, 11) is -4.05. The zero-order valence-electron chi connectivity index (χ0n) is 18.0. The van der Waals surface area contributed by atoms with Crippen molar-refractivity contribution in [3.63, 3.8) is 0 Å². The van der Waals surface area contributed by atoms with Crippen molar-refractivity contribution >= 4 is 27.3 Å². The van der Waals surface area contributed by atoms with Crippen LogP contribution in [-0.2, 0) is 14.8 Å². The van der Waals surface area contributed by atoms with Gasteiger partial charge in [0.25, 0.3) is 10.0 Å². The largest absolute Gasteiger partial charge is 0.486 e. The summed E-state index contributed by atoms with van der Waals surface area (Å²) in [5, 5.41) is 9.45. The number of carbonyl (C=O) groups excluding carboxylic acids is 1. The summed E-state index contributed by atoms with van der Waals surface area (Å²) in [4.78, 5) is 13.0. The van der Waals surface area contributed by atoms with Crippen LogP contribution in [0.2, 0.25) is 0 Å². The van der Waals surface area contributed by atoms with Gasteiger partial charge in [-0.1, -0.05) is 17.7 Å². The van der Waals surface area contributed by atoms with Crippen LogP contribution in [0.1, 0.15) is 17.0 Å². The summed E-state index contributed by atoms with van der Waals surface area (Å²) in [6.07, 6.45) is 0. The Kier molecular flexibility index (Phi) is 5.79. The molecule has 2 aromatic carbocycles. The predicted molar refractivity (Wildman–Crippen MR) is 120 cm³/mol. The third-order valence-electron chi connectivity index (χ3n) is 5.04. The Morgan fingerprint density at radius 2 is 1.75 bits per heavy atom. The molecule has 0 aliphatic carbocycles. The lowest BCUT2D eigenvalue weighted by atomic mass is 10.2. The van der Waals surface area contributed by atoms with Crippen LogP contribution in [-0.4, -0.2) is 44.3 Å². The van der Waals surface area contributed by atoms with Crippen molar-refractivity contribution in [2.75, 3.05) is 29.4 Å². The van der Waals surface area contributed by atoms with Gasteiger partial charge < -0.3 is 14.8 Å². The molecule has 1 aliphatic heterocycles. The van der Waals surface area contributed by atoms with Gasteiger partial charge in [0.2, 0.25) is 5.91 Å². The lowest BCUT2D eigenvalue weighted by molar-refractivity contribution is -0.114. The third-order valence-corrected chi connectivity index (χ3v) is 7.08. The van der Waals surface area contributed by atoms with Crippen molar-refractivity contribution in [3.8, 4) is 11.5 Å². The number of rotatable bonds is 6. The number of hydrogen-bond acceptors (Lipinski definition) is 6. The number of aryl methyl sites for hydroxylation is 3. The van der Waals surface area contributed by atoms with E-state index in [4.69, 9.17) is 9.47 Å². The highest BCUT2D eigenvalue weighted by molar-refractivity contribution is 7.93. The molecule has 1 aromatic heterocycles. The van der Waals surface area contributed by atoms with Gasteiger partial charge in [0.15, 0.2) is 11.5 Å². The number of sulfonamides is 1. The minimum atomic E-state index is -4.05. The average molecular weight is 457 g/mol. The maximum Gasteiger partial charge on any atom is 0.268 e. The van der Waals surface area contributed by atoms with Gasteiger partial charge in [-0.25, -0.2) is 8.42 Å². The number of aromatic nitrogens is 2. The lowest BCUT2D eigenvalue weighted by Crippen LogP contribution is -2.38. The van der Waals surface area contributed by atoms with E-state index in [2.05, 4.69) is 15.5 Å². The van der Waals surface area contributed by atoms with Crippen LogP contribution in [0.5, 0.6) is 11.5 Å². The maximum absolute atomic E-state index is 13.5. The Balaban J connectivity index is 1.63. The van der Waals surface area contributed by atoms with E-state index < -0.39 is 22.5 Å². The van der Waals surface area contributed by atoms with E-state index >= 15 is 0 Å². The van der Waals surface area contributed by atoms with Gasteiger partial charge in [0, 0.05) is 11.8 Å². The van der Waals surface area contributed by atoms with E-state index in [0.29, 0.717) is 47.5 Å². The second kappa shape index (κ2) is 8.54. The number of nitrogens with one attached hydrogen (secondary N) is 2. The molecule has 9 nitrogen and oxygen atoms in total. The fourth-order valence-corrected chi connectivity index (χ4v) is 5.27. The number of carbonyl (C=O) groups is 1. The van der Waals surface area contributed by atoms with Gasteiger partial charge in [-0.05, 0) is 45.0 Å². The standard InChI is InChI=1S/C22H24N4O5S/c1-14-4-7-18(8-5-14)26(32(28,29)22-15(2)24-25-16(22)3)13-21(27)23-17-6-9-19-20(12-17)31-11-10-30-19/h4-9,12H,10-11,13H2,1-3H3,(H,23,27)(H,24,25). The Labute approximate surface area is 186 Å². The van der Waals surface area contributed by atoms with Gasteiger partial charge >= 0.3 is 0 Å². The molecular weight excluding hydrogens is 432 g/mol. The molecule has 168 valence electrons. The van der Waals surface area contributed by atoms with Gasteiger partial charge in [-0.3, -0.25) is 14.2 Å². The SMILES string of the molecule is Cc1ccc(N(CC(=O)Nc2ccc3c(c2)OCCO3)S(=O)(=O)c2c(C)n[nH]c2C)cc1. The Hall–Kier alpha value is -3.53. The van der Waals surface area contributed by atoms with E-state index in [1.807, 2.05) is 6.92 Å². The first-order chi connectivity index (χ1) is 15.3. The number of aromatic amines is 1. The molecule has 2 heterocycles. The van der Waals surface area contributed by atoms with Crippen molar-refractivity contribution in [1.29, 1.82) is 0 Å². The molecule has 1 aliphatic rings. The zero-order chi connectivity index (χ0) is 22.9. The summed E-state index contributed by atoms with van der Waals surface area (Å²) in [5.74, 6) is 0.635. The fraction of sp³-hybridized carbons (Fsp3) is 0.273. The van der Waals surface area contributed by atoms with Crippen LogP contribution in [0.15, 0.2) is 47.4 Å². The van der Waals surface area contributed by atoms with Gasteiger partial charge in [0.1, 0.15) is 24.7 Å². The average Bonchev–Trinajstić information content (AvgIpc) is 3.11. The molecule has 32 heavy (non-hydrogen) atoms. The highest BCUT2D eigenvalue weighted by Gasteiger charge is 2.31. The molecule has 0 spiro atoms. The lowest BCUT2D eigenvalue weighted by Gasteiger charge is -2.24. The Morgan fingerprint density at radius 1 is 1.06 bits per heavy atom. The first-order valence-electron chi connectivity index (χ1n) is 10.1. The van der Waals surface area contributed by atoms with Crippen LogP contribution in [0, 0.1) is 20.8 Å². The number of ether oxygens (including phenoxy) is 2. The van der Waals surface area contributed by atoms with E-state index in [1.165, 1.54) is 0 Å². The number of nitrogens with zero attached hydrogens (tertiary/aromatic N) is 2. The third kappa shape index (κ3) is 4.26. The molecule has 4 rings (SSSR count). The Bertz CT molecular complexity index is 1230. The number of amides is 1. The van der Waals surface area contributed by atoms with Crippen LogP contribution in [0.4, 0.5) is 11.4 Å². The van der Waals surface area contributed by atoms with Crippen LogP contribution >= 0.6 is 0 Å². The molecule has 0 fully saturated rings. The van der Waals surface area contributed by atoms with E-state index in [-0.39, 0.29) is 4.90 Å². The first kappa shape index (κ1) is 21.7. The summed E-state index contributed by atoms with van der Waals surface area (Å²) < 4.78 is 39.2. The van der Waals surface area contributed by atoms with E-state index in [1.54, 1.807) is 56.3 Å². The second-order valence-electron chi connectivity index (χ2n) is 7.52.